The number of carbonyl (C=O) groups excluding carboxylic acids is 1. The monoisotopic (exact) mass is 342 g/mol. The Hall–Kier alpha value is -1.93. The van der Waals surface area contributed by atoms with Crippen LogP contribution in [0.1, 0.15) is 26.3 Å². The third-order valence-electron chi connectivity index (χ3n) is 3.63. The van der Waals surface area contributed by atoms with Gasteiger partial charge in [0, 0.05) is 12.7 Å². The van der Waals surface area contributed by atoms with Crippen LogP contribution in [-0.4, -0.2) is 49.1 Å². The lowest BCUT2D eigenvalue weighted by Gasteiger charge is -2.20. The molecule has 0 aliphatic carbocycles. The number of nitrogens with one attached hydrogen (secondary N) is 1. The zero-order valence-electron chi connectivity index (χ0n) is 13.7. The molecule has 2 N–H and O–H groups in total. The number of carboxylic acids is 1. The van der Waals surface area contributed by atoms with Crippen LogP contribution in [0.2, 0.25) is 0 Å². The van der Waals surface area contributed by atoms with Gasteiger partial charge in [-0.15, -0.1) is 0 Å². The van der Waals surface area contributed by atoms with Gasteiger partial charge in [-0.1, -0.05) is 12.1 Å². The van der Waals surface area contributed by atoms with E-state index < -0.39 is 27.3 Å². The number of anilines is 1. The molecule has 0 aliphatic rings. The number of sulfonamides is 1. The van der Waals surface area contributed by atoms with E-state index >= 15 is 0 Å². The molecule has 1 amide bonds. The predicted octanol–water partition coefficient (Wildman–Crippen LogP) is 1.27. The molecular formula is C15H22N2O5S. The van der Waals surface area contributed by atoms with Crippen LogP contribution in [0.15, 0.2) is 24.3 Å². The lowest BCUT2D eigenvalue weighted by atomic mass is 9.85. The second-order valence-electron chi connectivity index (χ2n) is 5.71. The van der Waals surface area contributed by atoms with Gasteiger partial charge in [-0.25, -0.2) is 8.42 Å². The van der Waals surface area contributed by atoms with Crippen molar-refractivity contribution in [3.05, 3.63) is 29.8 Å². The molecule has 1 aromatic rings. The van der Waals surface area contributed by atoms with E-state index in [2.05, 4.69) is 5.32 Å². The molecule has 23 heavy (non-hydrogen) atoms. The number of likely N-dealkylation sites (N-methyl/N-ethyl adjacent to an activating group) is 1. The SMILES string of the molecule is CCS(=O)(=O)N(C)CC(=O)Nc1ccc(C(C)(C)C(=O)O)cc1. The van der Waals surface area contributed by atoms with Gasteiger partial charge in [-0.3, -0.25) is 9.59 Å². The normalized spacial score (nSPS) is 12.2. The second kappa shape index (κ2) is 7.10. The quantitative estimate of drug-likeness (QED) is 0.776. The first-order valence-electron chi connectivity index (χ1n) is 7.08. The van der Waals surface area contributed by atoms with Crippen LogP contribution in [0.4, 0.5) is 5.69 Å². The summed E-state index contributed by atoms with van der Waals surface area (Å²) in [6, 6.07) is 6.42. The molecule has 0 unspecified atom stereocenters. The van der Waals surface area contributed by atoms with Crippen molar-refractivity contribution < 1.29 is 23.1 Å². The van der Waals surface area contributed by atoms with E-state index in [4.69, 9.17) is 0 Å². The summed E-state index contributed by atoms with van der Waals surface area (Å²) in [7, 11) is -2.07. The lowest BCUT2D eigenvalue weighted by Crippen LogP contribution is -2.35. The Kier molecular flexibility index (Phi) is 5.90. The van der Waals surface area contributed by atoms with Gasteiger partial charge in [-0.2, -0.15) is 4.31 Å². The number of nitrogens with zero attached hydrogens (tertiary/aromatic N) is 1. The molecule has 0 heterocycles. The minimum Gasteiger partial charge on any atom is -0.481 e. The Morgan fingerprint density at radius 2 is 1.74 bits per heavy atom. The van der Waals surface area contributed by atoms with E-state index in [0.29, 0.717) is 11.3 Å². The molecule has 8 heteroatoms. The van der Waals surface area contributed by atoms with Crippen molar-refractivity contribution in [2.75, 3.05) is 24.7 Å². The van der Waals surface area contributed by atoms with E-state index in [1.807, 2.05) is 0 Å². The van der Waals surface area contributed by atoms with Crippen LogP contribution >= 0.6 is 0 Å². The molecule has 1 rings (SSSR count). The van der Waals surface area contributed by atoms with Gasteiger partial charge in [0.15, 0.2) is 0 Å². The summed E-state index contributed by atoms with van der Waals surface area (Å²) in [6.07, 6.45) is 0. The van der Waals surface area contributed by atoms with Gasteiger partial charge in [-0.05, 0) is 38.5 Å². The van der Waals surface area contributed by atoms with E-state index in [-0.39, 0.29) is 12.3 Å². The fraction of sp³-hybridized carbons (Fsp3) is 0.467. The average Bonchev–Trinajstić information content (AvgIpc) is 2.47. The maximum atomic E-state index is 11.9. The van der Waals surface area contributed by atoms with Crippen molar-refractivity contribution in [1.82, 2.24) is 4.31 Å². The summed E-state index contributed by atoms with van der Waals surface area (Å²) in [5.74, 6) is -1.48. The summed E-state index contributed by atoms with van der Waals surface area (Å²) in [5, 5.41) is 11.8. The second-order valence-corrected chi connectivity index (χ2v) is 8.08. The minimum atomic E-state index is -3.41. The zero-order chi connectivity index (χ0) is 17.8. The third kappa shape index (κ3) is 4.77. The highest BCUT2D eigenvalue weighted by atomic mass is 32.2. The van der Waals surface area contributed by atoms with E-state index in [9.17, 15) is 23.1 Å². The fourth-order valence-corrected chi connectivity index (χ4v) is 2.57. The molecular weight excluding hydrogens is 320 g/mol. The number of carbonyl (C=O) groups is 2. The Morgan fingerprint density at radius 3 is 2.17 bits per heavy atom. The van der Waals surface area contributed by atoms with Crippen LogP contribution in [0.3, 0.4) is 0 Å². The van der Waals surface area contributed by atoms with Crippen molar-refractivity contribution in [2.24, 2.45) is 0 Å². The molecule has 1 aromatic carbocycles. The summed E-state index contributed by atoms with van der Waals surface area (Å²) in [4.78, 5) is 23.1. The Balaban J connectivity index is 2.76. The summed E-state index contributed by atoms with van der Waals surface area (Å²) in [6.45, 7) is 4.41. The van der Waals surface area contributed by atoms with Gasteiger partial charge in [0.1, 0.15) is 0 Å². The molecule has 0 aromatic heterocycles. The maximum absolute atomic E-state index is 11.9. The Bertz CT molecular complexity index is 680. The van der Waals surface area contributed by atoms with Gasteiger partial charge in [0.05, 0.1) is 17.7 Å². The average molecular weight is 342 g/mol. The largest absolute Gasteiger partial charge is 0.481 e. The Morgan fingerprint density at radius 1 is 1.22 bits per heavy atom. The van der Waals surface area contributed by atoms with Crippen molar-refractivity contribution in [3.8, 4) is 0 Å². The number of carboxylic acid groups (broad SMARTS) is 1. The van der Waals surface area contributed by atoms with Crippen molar-refractivity contribution in [2.45, 2.75) is 26.2 Å². The van der Waals surface area contributed by atoms with Gasteiger partial charge >= 0.3 is 5.97 Å². The molecule has 7 nitrogen and oxygen atoms in total. The molecule has 0 atom stereocenters. The standard InChI is InChI=1S/C15H22N2O5S/c1-5-23(21,22)17(4)10-13(18)16-12-8-6-11(7-9-12)15(2,3)14(19)20/h6-9H,5,10H2,1-4H3,(H,16,18)(H,19,20). The topological polar surface area (TPSA) is 104 Å². The first kappa shape index (κ1) is 19.1. The molecule has 128 valence electrons. The lowest BCUT2D eigenvalue weighted by molar-refractivity contribution is -0.142. The van der Waals surface area contributed by atoms with Crippen molar-refractivity contribution >= 4 is 27.6 Å². The van der Waals surface area contributed by atoms with Crippen LogP contribution in [0.5, 0.6) is 0 Å². The Labute approximate surface area is 136 Å². The number of aliphatic carboxylic acids is 1. The van der Waals surface area contributed by atoms with Gasteiger partial charge in [0.2, 0.25) is 15.9 Å². The molecule has 0 aliphatic heterocycles. The summed E-state index contributed by atoms with van der Waals surface area (Å²) in [5.41, 5.74) is 0.0497. The van der Waals surface area contributed by atoms with Crippen LogP contribution in [0.25, 0.3) is 0 Å². The number of amides is 1. The number of hydrogen-bond acceptors (Lipinski definition) is 4. The summed E-state index contributed by atoms with van der Waals surface area (Å²) >= 11 is 0. The van der Waals surface area contributed by atoms with E-state index in [1.54, 1.807) is 38.1 Å². The third-order valence-corrected chi connectivity index (χ3v) is 5.44. The number of benzene rings is 1. The summed E-state index contributed by atoms with van der Waals surface area (Å²) < 4.78 is 24.2. The van der Waals surface area contributed by atoms with Gasteiger partial charge < -0.3 is 10.4 Å². The highest BCUT2D eigenvalue weighted by Crippen LogP contribution is 2.24. The van der Waals surface area contributed by atoms with Crippen molar-refractivity contribution in [1.29, 1.82) is 0 Å². The zero-order valence-corrected chi connectivity index (χ0v) is 14.5. The molecule has 0 saturated carbocycles. The predicted molar refractivity (Wildman–Crippen MR) is 87.8 cm³/mol. The van der Waals surface area contributed by atoms with E-state index in [1.165, 1.54) is 14.0 Å². The van der Waals surface area contributed by atoms with E-state index in [0.717, 1.165) is 4.31 Å². The number of rotatable bonds is 7. The first-order valence-corrected chi connectivity index (χ1v) is 8.69. The smallest absolute Gasteiger partial charge is 0.313 e. The number of hydrogen-bond donors (Lipinski definition) is 2. The van der Waals surface area contributed by atoms with Crippen LogP contribution in [0, 0.1) is 0 Å². The minimum absolute atomic E-state index is 0.0737. The van der Waals surface area contributed by atoms with Crippen LogP contribution < -0.4 is 5.32 Å². The molecule has 0 radical (unpaired) electrons. The molecule has 0 fully saturated rings. The fourth-order valence-electron chi connectivity index (χ4n) is 1.82. The molecule has 0 spiro atoms. The first-order chi connectivity index (χ1) is 10.5. The highest BCUT2D eigenvalue weighted by molar-refractivity contribution is 7.89. The molecule has 0 saturated heterocycles. The molecule has 0 bridgehead atoms. The van der Waals surface area contributed by atoms with Crippen molar-refractivity contribution in [3.63, 3.8) is 0 Å². The van der Waals surface area contributed by atoms with Crippen LogP contribution in [-0.2, 0) is 25.0 Å². The highest BCUT2D eigenvalue weighted by Gasteiger charge is 2.29. The maximum Gasteiger partial charge on any atom is 0.313 e. The van der Waals surface area contributed by atoms with Gasteiger partial charge in [0.25, 0.3) is 0 Å².